The van der Waals surface area contributed by atoms with E-state index in [9.17, 15) is 13.2 Å². The van der Waals surface area contributed by atoms with Crippen molar-refractivity contribution in [2.24, 2.45) is 0 Å². The van der Waals surface area contributed by atoms with Crippen LogP contribution in [0.2, 0.25) is 0 Å². The first-order valence-electron chi connectivity index (χ1n) is 4.74. The summed E-state index contributed by atoms with van der Waals surface area (Å²) in [5, 5.41) is 0. The zero-order valence-corrected chi connectivity index (χ0v) is 11.5. The maximum atomic E-state index is 12.2. The van der Waals surface area contributed by atoms with E-state index in [4.69, 9.17) is 11.8 Å². The molecule has 0 aliphatic heterocycles. The SMILES string of the molecule is CC(C)(CC[N+](C)(C)CC(F)(F)F)NCl.[Cl-]. The molecule has 7 heteroatoms. The molecule has 0 radical (unpaired) electrons. The van der Waals surface area contributed by atoms with Crippen molar-refractivity contribution in [2.45, 2.75) is 32.0 Å². The summed E-state index contributed by atoms with van der Waals surface area (Å²) in [6, 6.07) is 0. The van der Waals surface area contributed by atoms with E-state index >= 15 is 0 Å². The molecule has 2 nitrogen and oxygen atoms in total. The molecule has 0 aromatic carbocycles. The van der Waals surface area contributed by atoms with Gasteiger partial charge in [0.1, 0.15) is 0 Å². The van der Waals surface area contributed by atoms with Crippen LogP contribution in [-0.4, -0.2) is 43.4 Å². The second kappa shape index (κ2) is 6.28. The van der Waals surface area contributed by atoms with Gasteiger partial charge in [-0.2, -0.15) is 13.2 Å². The smallest absolute Gasteiger partial charge is 0.438 e. The van der Waals surface area contributed by atoms with Gasteiger partial charge >= 0.3 is 6.18 Å². The van der Waals surface area contributed by atoms with Crippen LogP contribution in [0.5, 0.6) is 0 Å². The minimum atomic E-state index is -4.12. The highest BCUT2D eigenvalue weighted by molar-refractivity contribution is 6.13. The van der Waals surface area contributed by atoms with Crippen molar-refractivity contribution >= 4 is 11.8 Å². The van der Waals surface area contributed by atoms with Crippen LogP contribution in [0.25, 0.3) is 0 Å². The van der Waals surface area contributed by atoms with E-state index in [2.05, 4.69) is 4.84 Å². The third-order valence-corrected chi connectivity index (χ3v) is 2.72. The normalized spacial score (nSPS) is 13.5. The van der Waals surface area contributed by atoms with Gasteiger partial charge in [-0.3, -0.25) is 0 Å². The molecule has 16 heavy (non-hydrogen) atoms. The van der Waals surface area contributed by atoms with E-state index in [1.54, 1.807) is 14.1 Å². The Balaban J connectivity index is 0. The van der Waals surface area contributed by atoms with Crippen LogP contribution < -0.4 is 17.2 Å². The Morgan fingerprint density at radius 2 is 1.62 bits per heavy atom. The zero-order valence-electron chi connectivity index (χ0n) is 9.96. The highest BCUT2D eigenvalue weighted by Crippen LogP contribution is 2.21. The van der Waals surface area contributed by atoms with Gasteiger partial charge in [0, 0.05) is 12.0 Å². The Bertz CT molecular complexity index is 205. The lowest BCUT2D eigenvalue weighted by Crippen LogP contribution is -3.00. The van der Waals surface area contributed by atoms with Crippen molar-refractivity contribution in [1.29, 1.82) is 0 Å². The van der Waals surface area contributed by atoms with Crippen molar-refractivity contribution in [3.8, 4) is 0 Å². The van der Waals surface area contributed by atoms with Gasteiger partial charge in [-0.15, -0.1) is 0 Å². The minimum Gasteiger partial charge on any atom is -1.00 e. The standard InChI is InChI=1S/C9H19ClF3N2.ClH/c1-8(2,14-10)5-6-15(3,4)7-9(11,12)13;/h14H,5-7H2,1-4H3;1H/q+1;/p-1. The fraction of sp³-hybridized carbons (Fsp3) is 1.00. The van der Waals surface area contributed by atoms with Gasteiger partial charge < -0.3 is 16.9 Å². The molecule has 0 aliphatic rings. The van der Waals surface area contributed by atoms with Gasteiger partial charge in [-0.05, 0) is 25.6 Å². The number of halogens is 5. The summed E-state index contributed by atoms with van der Waals surface area (Å²) >= 11 is 5.48. The van der Waals surface area contributed by atoms with Crippen LogP contribution in [0.15, 0.2) is 0 Å². The largest absolute Gasteiger partial charge is 1.00 e. The molecule has 0 unspecified atom stereocenters. The summed E-state index contributed by atoms with van der Waals surface area (Å²) in [4.78, 5) is 2.56. The second-order valence-corrected chi connectivity index (χ2v) is 5.35. The van der Waals surface area contributed by atoms with E-state index in [1.165, 1.54) is 0 Å². The number of alkyl halides is 3. The number of nitrogens with zero attached hydrogens (tertiary/aromatic N) is 1. The van der Waals surface area contributed by atoms with Crippen molar-refractivity contribution in [3.05, 3.63) is 0 Å². The molecule has 0 rings (SSSR count). The van der Waals surface area contributed by atoms with Crippen molar-refractivity contribution < 1.29 is 30.1 Å². The maximum Gasteiger partial charge on any atom is 0.438 e. The first kappa shape index (κ1) is 18.6. The number of quaternary nitrogens is 1. The minimum absolute atomic E-state index is 0. The van der Waals surface area contributed by atoms with Crippen LogP contribution in [-0.2, 0) is 0 Å². The summed E-state index contributed by atoms with van der Waals surface area (Å²) in [7, 11) is 3.13. The Labute approximate surface area is 106 Å². The average Bonchev–Trinajstić information content (AvgIpc) is 1.97. The topological polar surface area (TPSA) is 12.0 Å². The summed E-state index contributed by atoms with van der Waals surface area (Å²) in [5.41, 5.74) is -0.345. The molecule has 0 amide bonds. The molecule has 0 fully saturated rings. The third-order valence-electron chi connectivity index (χ3n) is 2.21. The number of nitrogens with one attached hydrogen (secondary N) is 1. The predicted molar refractivity (Wildman–Crippen MR) is 55.6 cm³/mol. The van der Waals surface area contributed by atoms with Gasteiger partial charge in [-0.25, -0.2) is 4.84 Å². The molecule has 0 bridgehead atoms. The molecular weight excluding hydrogens is 264 g/mol. The molecule has 0 atom stereocenters. The fourth-order valence-electron chi connectivity index (χ4n) is 1.19. The molecule has 0 saturated heterocycles. The average molecular weight is 283 g/mol. The van der Waals surface area contributed by atoms with E-state index in [0.717, 1.165) is 0 Å². The van der Waals surface area contributed by atoms with E-state index < -0.39 is 12.7 Å². The Hall–Kier alpha value is 0.290. The Kier molecular flexibility index (Phi) is 7.32. The molecular formula is C9H19Cl2F3N2. The fourth-order valence-corrected chi connectivity index (χ4v) is 1.29. The molecule has 0 saturated carbocycles. The van der Waals surface area contributed by atoms with Crippen LogP contribution >= 0.6 is 11.8 Å². The zero-order chi connectivity index (χ0) is 12.3. The second-order valence-electron chi connectivity index (χ2n) is 5.16. The Morgan fingerprint density at radius 3 is 1.94 bits per heavy atom. The van der Waals surface area contributed by atoms with Crippen LogP contribution in [0.3, 0.4) is 0 Å². The lowest BCUT2D eigenvalue weighted by atomic mass is 10.0. The number of hydrogen-bond acceptors (Lipinski definition) is 1. The summed E-state index contributed by atoms with van der Waals surface area (Å²) < 4.78 is 36.5. The predicted octanol–water partition coefficient (Wildman–Crippen LogP) is -0.459. The van der Waals surface area contributed by atoms with Crippen molar-refractivity contribution in [3.63, 3.8) is 0 Å². The van der Waals surface area contributed by atoms with E-state index in [1.807, 2.05) is 13.8 Å². The van der Waals surface area contributed by atoms with Crippen LogP contribution in [0, 0.1) is 0 Å². The first-order chi connectivity index (χ1) is 6.47. The van der Waals surface area contributed by atoms with Crippen molar-refractivity contribution in [2.75, 3.05) is 27.2 Å². The number of rotatable bonds is 5. The molecule has 0 aromatic rings. The Morgan fingerprint density at radius 1 is 1.19 bits per heavy atom. The molecule has 100 valence electrons. The molecule has 0 aliphatic carbocycles. The van der Waals surface area contributed by atoms with Gasteiger partial charge in [0.05, 0.1) is 20.6 Å². The lowest BCUT2D eigenvalue weighted by molar-refractivity contribution is -0.901. The summed E-state index contributed by atoms with van der Waals surface area (Å²) in [6.45, 7) is 3.32. The van der Waals surface area contributed by atoms with Gasteiger partial charge in [0.25, 0.3) is 0 Å². The summed E-state index contributed by atoms with van der Waals surface area (Å²) in [5.74, 6) is 0. The van der Waals surface area contributed by atoms with E-state index in [0.29, 0.717) is 13.0 Å². The molecule has 1 N–H and O–H groups in total. The molecule has 0 heterocycles. The first-order valence-corrected chi connectivity index (χ1v) is 5.12. The highest BCUT2D eigenvalue weighted by Gasteiger charge is 2.37. The van der Waals surface area contributed by atoms with Gasteiger partial charge in [-0.1, -0.05) is 0 Å². The van der Waals surface area contributed by atoms with Gasteiger partial charge in [0.2, 0.25) is 0 Å². The summed E-state index contributed by atoms with van der Waals surface area (Å²) in [6.07, 6.45) is -3.54. The monoisotopic (exact) mass is 282 g/mol. The van der Waals surface area contributed by atoms with Crippen LogP contribution in [0.4, 0.5) is 13.2 Å². The maximum absolute atomic E-state index is 12.2. The highest BCUT2D eigenvalue weighted by atomic mass is 35.5. The van der Waals surface area contributed by atoms with E-state index in [-0.39, 0.29) is 22.4 Å². The van der Waals surface area contributed by atoms with Crippen LogP contribution in [0.1, 0.15) is 20.3 Å². The quantitative estimate of drug-likeness (QED) is 0.532. The van der Waals surface area contributed by atoms with Crippen molar-refractivity contribution in [1.82, 2.24) is 4.84 Å². The lowest BCUT2D eigenvalue weighted by Gasteiger charge is -2.33. The molecule has 0 spiro atoms. The number of hydrogen-bond donors (Lipinski definition) is 1. The third kappa shape index (κ3) is 9.51. The van der Waals surface area contributed by atoms with Gasteiger partial charge in [0.15, 0.2) is 6.54 Å². The molecule has 0 aromatic heterocycles.